The maximum Gasteiger partial charge on any atom is 0.336 e. The lowest BCUT2D eigenvalue weighted by atomic mass is 10.1. The van der Waals surface area contributed by atoms with Crippen molar-refractivity contribution < 1.29 is 31.0 Å². The lowest BCUT2D eigenvalue weighted by Gasteiger charge is -2.06. The molecule has 0 aliphatic heterocycles. The molecule has 6 nitrogen and oxygen atoms in total. The van der Waals surface area contributed by atoms with Crippen LogP contribution in [0.2, 0.25) is 0 Å². The van der Waals surface area contributed by atoms with Gasteiger partial charge in [-0.2, -0.15) is 0 Å². The van der Waals surface area contributed by atoms with Crippen LogP contribution in [0.4, 0.5) is 0 Å². The van der Waals surface area contributed by atoms with Crippen LogP contribution in [-0.4, -0.2) is 18.6 Å². The molecular weight excluding hydrogens is 338 g/mol. The molecule has 2 aromatic rings. The molecule has 2 rings (SSSR count). The van der Waals surface area contributed by atoms with Gasteiger partial charge in [0.1, 0.15) is 0 Å². The summed E-state index contributed by atoms with van der Waals surface area (Å²) in [5.41, 5.74) is 5.66. The fourth-order valence-corrected chi connectivity index (χ4v) is 3.38. The van der Waals surface area contributed by atoms with E-state index in [1.54, 1.807) is 6.07 Å². The van der Waals surface area contributed by atoms with Crippen molar-refractivity contribution in [2.45, 2.75) is 44.2 Å². The maximum atomic E-state index is 12.4. The van der Waals surface area contributed by atoms with Gasteiger partial charge in [-0.25, -0.2) is 8.42 Å². The van der Waals surface area contributed by atoms with Gasteiger partial charge in [0.15, 0.2) is 6.04 Å². The van der Waals surface area contributed by atoms with Gasteiger partial charge in [-0.05, 0) is 18.4 Å². The number of rotatable bonds is 6. The van der Waals surface area contributed by atoms with E-state index in [4.69, 9.17) is 4.42 Å². The van der Waals surface area contributed by atoms with E-state index in [9.17, 15) is 8.42 Å². The van der Waals surface area contributed by atoms with Crippen molar-refractivity contribution in [3.05, 3.63) is 41.3 Å². The molecule has 0 saturated carbocycles. The predicted octanol–water partition coefficient (Wildman–Crippen LogP) is -1.31. The highest BCUT2D eigenvalue weighted by atomic mass is 35.5. The standard InChI is InChI=1S/C15H21N3O3S.ClH/c1-10(2)7-13(16)14-17-18-15(21-14)22(19,20)9-12-6-4-5-11(3)8-12;/h4-6,8,10,13H,7,9,16H2,1-3H3;1H/t13-;/m0./s1. The van der Waals surface area contributed by atoms with Crippen molar-refractivity contribution in [2.75, 3.05) is 0 Å². The molecular formula is C15H22ClN3O3S. The van der Waals surface area contributed by atoms with Gasteiger partial charge in [0.05, 0.1) is 5.75 Å². The minimum Gasteiger partial charge on any atom is -1.00 e. The molecule has 1 aromatic heterocycles. The molecule has 1 aromatic carbocycles. The molecule has 0 unspecified atom stereocenters. The summed E-state index contributed by atoms with van der Waals surface area (Å²) in [6.45, 7) is 6.04. The number of benzene rings is 1. The SMILES string of the molecule is Cc1cccc(CS(=O)(=O)c2nnc([C@@H]([NH3+])CC(C)C)o2)c1.[Cl-]. The monoisotopic (exact) mass is 359 g/mol. The third kappa shape index (κ3) is 5.30. The maximum absolute atomic E-state index is 12.4. The number of hydrogen-bond donors (Lipinski definition) is 1. The molecule has 0 saturated heterocycles. The third-order valence-electron chi connectivity index (χ3n) is 3.23. The van der Waals surface area contributed by atoms with Crippen molar-refractivity contribution in [3.63, 3.8) is 0 Å². The Balaban J connectivity index is 0.00000264. The second kappa shape index (κ2) is 7.90. The Morgan fingerprint density at radius 1 is 1.26 bits per heavy atom. The van der Waals surface area contributed by atoms with Gasteiger partial charge in [-0.15, -0.1) is 5.10 Å². The van der Waals surface area contributed by atoms with Gasteiger partial charge in [0.2, 0.25) is 9.84 Å². The van der Waals surface area contributed by atoms with E-state index in [-0.39, 0.29) is 35.3 Å². The van der Waals surface area contributed by atoms with Crippen LogP contribution >= 0.6 is 0 Å². The first-order valence-electron chi connectivity index (χ1n) is 7.22. The van der Waals surface area contributed by atoms with Crippen molar-refractivity contribution in [1.82, 2.24) is 10.2 Å². The van der Waals surface area contributed by atoms with Crippen molar-refractivity contribution >= 4 is 9.84 Å². The highest BCUT2D eigenvalue weighted by Gasteiger charge is 2.26. The van der Waals surface area contributed by atoms with E-state index in [2.05, 4.69) is 29.8 Å². The van der Waals surface area contributed by atoms with Crippen LogP contribution in [0.3, 0.4) is 0 Å². The van der Waals surface area contributed by atoms with Gasteiger partial charge < -0.3 is 22.6 Å². The molecule has 23 heavy (non-hydrogen) atoms. The number of aromatic nitrogens is 2. The lowest BCUT2D eigenvalue weighted by molar-refractivity contribution is -0.435. The highest BCUT2D eigenvalue weighted by Crippen LogP contribution is 2.20. The Labute approximate surface area is 142 Å². The molecule has 128 valence electrons. The molecule has 0 aliphatic rings. The first kappa shape index (κ1) is 19.6. The fourth-order valence-electron chi connectivity index (χ4n) is 2.26. The molecule has 1 atom stereocenters. The predicted molar refractivity (Wildman–Crippen MR) is 81.5 cm³/mol. The van der Waals surface area contributed by atoms with E-state index < -0.39 is 9.84 Å². The Bertz CT molecular complexity index is 744. The van der Waals surface area contributed by atoms with Gasteiger partial charge in [-0.3, -0.25) is 0 Å². The van der Waals surface area contributed by atoms with Gasteiger partial charge >= 0.3 is 5.22 Å². The molecule has 0 amide bonds. The summed E-state index contributed by atoms with van der Waals surface area (Å²) < 4.78 is 30.0. The van der Waals surface area contributed by atoms with E-state index in [1.165, 1.54) is 0 Å². The molecule has 0 fully saturated rings. The summed E-state index contributed by atoms with van der Waals surface area (Å²) in [6, 6.07) is 7.15. The van der Waals surface area contributed by atoms with Crippen molar-refractivity contribution in [2.24, 2.45) is 5.92 Å². The van der Waals surface area contributed by atoms with Crippen LogP contribution in [0.25, 0.3) is 0 Å². The minimum absolute atomic E-state index is 0. The van der Waals surface area contributed by atoms with Crippen LogP contribution in [0, 0.1) is 12.8 Å². The Morgan fingerprint density at radius 2 is 1.96 bits per heavy atom. The van der Waals surface area contributed by atoms with Crippen LogP contribution in [0.5, 0.6) is 0 Å². The second-order valence-electron chi connectivity index (χ2n) is 5.98. The summed E-state index contributed by atoms with van der Waals surface area (Å²) in [7, 11) is -3.64. The van der Waals surface area contributed by atoms with E-state index in [0.29, 0.717) is 11.5 Å². The van der Waals surface area contributed by atoms with E-state index in [1.807, 2.05) is 25.1 Å². The lowest BCUT2D eigenvalue weighted by Crippen LogP contribution is -3.00. The van der Waals surface area contributed by atoms with Crippen LogP contribution in [-0.2, 0) is 15.6 Å². The van der Waals surface area contributed by atoms with Crippen molar-refractivity contribution in [3.8, 4) is 0 Å². The number of halogens is 1. The fraction of sp³-hybridized carbons (Fsp3) is 0.467. The largest absolute Gasteiger partial charge is 1.00 e. The normalized spacial score (nSPS) is 12.9. The molecule has 0 spiro atoms. The highest BCUT2D eigenvalue weighted by molar-refractivity contribution is 7.90. The zero-order chi connectivity index (χ0) is 16.3. The summed E-state index contributed by atoms with van der Waals surface area (Å²) in [5.74, 6) is 0.542. The molecule has 3 N–H and O–H groups in total. The Kier molecular flexibility index (Phi) is 6.73. The summed E-state index contributed by atoms with van der Waals surface area (Å²) in [6.07, 6.45) is 0.763. The van der Waals surface area contributed by atoms with E-state index >= 15 is 0 Å². The quantitative estimate of drug-likeness (QED) is 0.689. The first-order valence-corrected chi connectivity index (χ1v) is 8.88. The van der Waals surface area contributed by atoms with Crippen LogP contribution < -0.4 is 18.1 Å². The van der Waals surface area contributed by atoms with Gasteiger partial charge in [0, 0.05) is 6.42 Å². The zero-order valence-electron chi connectivity index (χ0n) is 13.5. The summed E-state index contributed by atoms with van der Waals surface area (Å²) >= 11 is 0. The second-order valence-corrected chi connectivity index (χ2v) is 7.85. The average Bonchev–Trinajstić information content (AvgIpc) is 2.87. The molecule has 0 aliphatic carbocycles. The number of nitrogens with zero attached hydrogens (tertiary/aromatic N) is 2. The topological polar surface area (TPSA) is 101 Å². The summed E-state index contributed by atoms with van der Waals surface area (Å²) in [5, 5.41) is 7.19. The van der Waals surface area contributed by atoms with Crippen LogP contribution in [0.1, 0.15) is 43.3 Å². The molecule has 1 heterocycles. The average molecular weight is 360 g/mol. The number of aryl methyl sites for hydroxylation is 1. The molecule has 0 radical (unpaired) electrons. The zero-order valence-corrected chi connectivity index (χ0v) is 15.1. The number of hydrogen-bond acceptors (Lipinski definition) is 5. The Morgan fingerprint density at radius 3 is 2.57 bits per heavy atom. The van der Waals surface area contributed by atoms with Gasteiger partial charge in [-0.1, -0.05) is 48.8 Å². The Hall–Kier alpha value is -1.44. The van der Waals surface area contributed by atoms with E-state index in [0.717, 1.165) is 12.0 Å². The van der Waals surface area contributed by atoms with Gasteiger partial charge in [0.25, 0.3) is 5.89 Å². The first-order chi connectivity index (χ1) is 10.3. The number of quaternary nitrogens is 1. The summed E-state index contributed by atoms with van der Waals surface area (Å²) in [4.78, 5) is 0. The smallest absolute Gasteiger partial charge is 0.336 e. The molecule has 0 bridgehead atoms. The third-order valence-corrected chi connectivity index (χ3v) is 4.64. The van der Waals surface area contributed by atoms with Crippen molar-refractivity contribution in [1.29, 1.82) is 0 Å². The van der Waals surface area contributed by atoms with Crippen LogP contribution in [0.15, 0.2) is 33.9 Å². The number of sulfone groups is 1. The molecule has 8 heteroatoms. The minimum atomic E-state index is -3.64.